The molecule has 0 atom stereocenters. The minimum atomic E-state index is -0.484. The van der Waals surface area contributed by atoms with E-state index in [9.17, 15) is 14.7 Å². The SMILES string of the molecule is Cc1ccc2c(c1)/C(=C/Nc1ccc(N3CCN(C)CC3)nc1O)C(=O)NC2=O. The topological polar surface area (TPSA) is 97.8 Å². The Morgan fingerprint density at radius 2 is 1.83 bits per heavy atom. The molecule has 1 saturated heterocycles. The van der Waals surface area contributed by atoms with E-state index in [4.69, 9.17) is 0 Å². The number of rotatable bonds is 3. The Morgan fingerprint density at radius 3 is 2.55 bits per heavy atom. The van der Waals surface area contributed by atoms with E-state index in [1.165, 1.54) is 6.20 Å². The van der Waals surface area contributed by atoms with Gasteiger partial charge in [-0.15, -0.1) is 0 Å². The molecule has 0 saturated carbocycles. The second kappa shape index (κ2) is 7.56. The molecular formula is C21H23N5O3. The molecule has 3 N–H and O–H groups in total. The summed E-state index contributed by atoms with van der Waals surface area (Å²) in [4.78, 5) is 33.1. The van der Waals surface area contributed by atoms with Crippen molar-refractivity contribution >= 4 is 28.9 Å². The minimum absolute atomic E-state index is 0.143. The third-order valence-electron chi connectivity index (χ3n) is 5.24. The van der Waals surface area contributed by atoms with Gasteiger partial charge >= 0.3 is 0 Å². The first-order valence-corrected chi connectivity index (χ1v) is 9.49. The van der Waals surface area contributed by atoms with Gasteiger partial charge in [-0.3, -0.25) is 14.9 Å². The smallest absolute Gasteiger partial charge is 0.260 e. The summed E-state index contributed by atoms with van der Waals surface area (Å²) >= 11 is 0. The summed E-state index contributed by atoms with van der Waals surface area (Å²) in [5, 5.41) is 15.6. The number of hydrogen-bond donors (Lipinski definition) is 3. The predicted octanol–water partition coefficient (Wildman–Crippen LogP) is 1.57. The van der Waals surface area contributed by atoms with E-state index in [1.807, 2.05) is 19.1 Å². The van der Waals surface area contributed by atoms with Gasteiger partial charge in [0.2, 0.25) is 5.88 Å². The van der Waals surface area contributed by atoms with Crippen LogP contribution in [0.15, 0.2) is 36.5 Å². The summed E-state index contributed by atoms with van der Waals surface area (Å²) in [6.07, 6.45) is 1.49. The summed E-state index contributed by atoms with van der Waals surface area (Å²) in [6, 6.07) is 8.90. The molecule has 8 heteroatoms. The first kappa shape index (κ1) is 18.9. The van der Waals surface area contributed by atoms with Crippen molar-refractivity contribution in [2.75, 3.05) is 43.4 Å². The highest BCUT2D eigenvalue weighted by Gasteiger charge is 2.27. The first-order valence-electron chi connectivity index (χ1n) is 9.49. The number of pyridine rings is 1. The Hall–Kier alpha value is -3.39. The Morgan fingerprint density at radius 1 is 1.07 bits per heavy atom. The van der Waals surface area contributed by atoms with Crippen LogP contribution in [0.2, 0.25) is 0 Å². The van der Waals surface area contributed by atoms with Gasteiger partial charge in [0.15, 0.2) is 0 Å². The van der Waals surface area contributed by atoms with E-state index in [0.717, 1.165) is 37.6 Å². The number of nitrogens with zero attached hydrogens (tertiary/aromatic N) is 3. The standard InChI is InChI=1S/C21H23N5O3/c1-13-3-4-14-15(11-13)16(20(28)24-19(14)27)12-22-17-5-6-18(23-21(17)29)26-9-7-25(2)8-10-26/h3-6,11-12,22H,7-10H2,1-2H3,(H,23,29)(H,24,27,28)/b16-12-. The fourth-order valence-electron chi connectivity index (χ4n) is 3.49. The van der Waals surface area contributed by atoms with Crippen molar-refractivity contribution in [3.8, 4) is 5.88 Å². The summed E-state index contributed by atoms with van der Waals surface area (Å²) in [5.41, 5.74) is 2.65. The lowest BCUT2D eigenvalue weighted by molar-refractivity contribution is -0.114. The normalized spacial score (nSPS) is 18.6. The van der Waals surface area contributed by atoms with Crippen LogP contribution in [0, 0.1) is 6.92 Å². The molecule has 0 bridgehead atoms. The number of aromatic nitrogens is 1. The monoisotopic (exact) mass is 393 g/mol. The second-order valence-corrected chi connectivity index (χ2v) is 7.37. The van der Waals surface area contributed by atoms with Crippen molar-refractivity contribution < 1.29 is 14.7 Å². The van der Waals surface area contributed by atoms with Crippen LogP contribution in [-0.2, 0) is 4.79 Å². The fourth-order valence-corrected chi connectivity index (χ4v) is 3.49. The Labute approximate surface area is 168 Å². The van der Waals surface area contributed by atoms with Crippen molar-refractivity contribution in [2.24, 2.45) is 0 Å². The molecular weight excluding hydrogens is 370 g/mol. The predicted molar refractivity (Wildman–Crippen MR) is 111 cm³/mol. The van der Waals surface area contributed by atoms with Crippen LogP contribution in [0.4, 0.5) is 11.5 Å². The zero-order chi connectivity index (χ0) is 20.5. The highest BCUT2D eigenvalue weighted by Crippen LogP contribution is 2.28. The van der Waals surface area contributed by atoms with Crippen LogP contribution < -0.4 is 15.5 Å². The molecule has 1 aromatic heterocycles. The van der Waals surface area contributed by atoms with Crippen LogP contribution in [0.1, 0.15) is 21.5 Å². The number of aromatic hydroxyl groups is 1. The van der Waals surface area contributed by atoms with Crippen molar-refractivity contribution in [3.63, 3.8) is 0 Å². The molecule has 2 aliphatic heterocycles. The average molecular weight is 393 g/mol. The number of nitrogens with one attached hydrogen (secondary N) is 2. The number of benzene rings is 1. The molecule has 1 fully saturated rings. The fraction of sp³-hybridized carbons (Fsp3) is 0.286. The number of carbonyl (C=O) groups is 2. The lowest BCUT2D eigenvalue weighted by Crippen LogP contribution is -2.44. The molecule has 150 valence electrons. The number of likely N-dealkylation sites (N-methyl/N-ethyl adjacent to an activating group) is 1. The molecule has 0 unspecified atom stereocenters. The van der Waals surface area contributed by atoms with Gasteiger partial charge in [0.05, 0.1) is 5.57 Å². The van der Waals surface area contributed by atoms with Gasteiger partial charge in [-0.1, -0.05) is 17.7 Å². The molecule has 0 spiro atoms. The molecule has 29 heavy (non-hydrogen) atoms. The molecule has 0 aliphatic carbocycles. The number of anilines is 2. The van der Waals surface area contributed by atoms with Crippen LogP contribution in [0.25, 0.3) is 5.57 Å². The highest BCUT2D eigenvalue weighted by molar-refractivity contribution is 6.31. The second-order valence-electron chi connectivity index (χ2n) is 7.37. The first-order chi connectivity index (χ1) is 13.9. The van der Waals surface area contributed by atoms with Crippen molar-refractivity contribution in [3.05, 3.63) is 53.2 Å². The van der Waals surface area contributed by atoms with Crippen LogP contribution in [-0.4, -0.2) is 60.0 Å². The van der Waals surface area contributed by atoms with Gasteiger partial charge in [-0.2, -0.15) is 4.98 Å². The number of imide groups is 1. The van der Waals surface area contributed by atoms with E-state index >= 15 is 0 Å². The van der Waals surface area contributed by atoms with E-state index in [-0.39, 0.29) is 5.88 Å². The lowest BCUT2D eigenvalue weighted by Gasteiger charge is -2.33. The average Bonchev–Trinajstić information content (AvgIpc) is 2.69. The largest absolute Gasteiger partial charge is 0.492 e. The quantitative estimate of drug-likeness (QED) is 0.538. The molecule has 2 aromatic rings. The number of piperazine rings is 1. The Kier molecular flexibility index (Phi) is 4.94. The molecule has 8 nitrogen and oxygen atoms in total. The van der Waals surface area contributed by atoms with Crippen LogP contribution in [0.5, 0.6) is 5.88 Å². The van der Waals surface area contributed by atoms with Gasteiger partial charge in [-0.25, -0.2) is 0 Å². The van der Waals surface area contributed by atoms with Crippen LogP contribution >= 0.6 is 0 Å². The number of hydrogen-bond acceptors (Lipinski definition) is 7. The summed E-state index contributed by atoms with van der Waals surface area (Å²) in [5.74, 6) is -0.323. The Balaban J connectivity index is 1.58. The van der Waals surface area contributed by atoms with E-state index < -0.39 is 11.8 Å². The number of fused-ring (bicyclic) bond motifs is 1. The van der Waals surface area contributed by atoms with Gasteiger partial charge in [0, 0.05) is 43.5 Å². The zero-order valence-corrected chi connectivity index (χ0v) is 16.4. The summed E-state index contributed by atoms with van der Waals surface area (Å²) < 4.78 is 0. The molecule has 3 heterocycles. The van der Waals surface area contributed by atoms with Crippen LogP contribution in [0.3, 0.4) is 0 Å². The summed E-state index contributed by atoms with van der Waals surface area (Å²) in [6.45, 7) is 5.49. The van der Waals surface area contributed by atoms with Crippen molar-refractivity contribution in [1.29, 1.82) is 0 Å². The molecule has 4 rings (SSSR count). The maximum Gasteiger partial charge on any atom is 0.260 e. The Bertz CT molecular complexity index is 1010. The maximum absolute atomic E-state index is 12.3. The third kappa shape index (κ3) is 3.79. The number of aryl methyl sites for hydroxylation is 1. The van der Waals surface area contributed by atoms with Crippen molar-refractivity contribution in [1.82, 2.24) is 15.2 Å². The highest BCUT2D eigenvalue weighted by atomic mass is 16.3. The third-order valence-corrected chi connectivity index (χ3v) is 5.24. The van der Waals surface area contributed by atoms with Gasteiger partial charge in [0.25, 0.3) is 11.8 Å². The molecule has 2 aliphatic rings. The maximum atomic E-state index is 12.3. The lowest BCUT2D eigenvalue weighted by atomic mass is 9.94. The van der Waals surface area contributed by atoms with E-state index in [2.05, 4.69) is 32.5 Å². The van der Waals surface area contributed by atoms with Crippen molar-refractivity contribution in [2.45, 2.75) is 6.92 Å². The van der Waals surface area contributed by atoms with Gasteiger partial charge in [0.1, 0.15) is 11.5 Å². The molecule has 2 amide bonds. The molecule has 1 aromatic carbocycles. The van der Waals surface area contributed by atoms with E-state index in [1.54, 1.807) is 18.2 Å². The summed E-state index contributed by atoms with van der Waals surface area (Å²) in [7, 11) is 2.08. The molecule has 0 radical (unpaired) electrons. The number of carbonyl (C=O) groups excluding carboxylic acids is 2. The van der Waals surface area contributed by atoms with Gasteiger partial charge in [-0.05, 0) is 32.2 Å². The minimum Gasteiger partial charge on any atom is -0.492 e. The zero-order valence-electron chi connectivity index (χ0n) is 16.4. The van der Waals surface area contributed by atoms with E-state index in [0.29, 0.717) is 22.4 Å². The number of amides is 2. The van der Waals surface area contributed by atoms with Gasteiger partial charge < -0.3 is 20.2 Å².